The van der Waals surface area contributed by atoms with Crippen molar-refractivity contribution >= 4 is 40.4 Å². The van der Waals surface area contributed by atoms with Crippen molar-refractivity contribution in [2.45, 2.75) is 32.7 Å². The summed E-state index contributed by atoms with van der Waals surface area (Å²) in [6.45, 7) is 5.55. The fourth-order valence-corrected chi connectivity index (χ4v) is 5.73. The van der Waals surface area contributed by atoms with Crippen LogP contribution < -0.4 is 10.1 Å². The second-order valence-electron chi connectivity index (χ2n) is 8.65. The molecule has 32 heavy (non-hydrogen) atoms. The van der Waals surface area contributed by atoms with Crippen LogP contribution in [0.1, 0.15) is 51.1 Å². The van der Waals surface area contributed by atoms with Crippen LogP contribution >= 0.6 is 23.6 Å². The monoisotopic (exact) mass is 471 g/mol. The molecule has 1 amide bonds. The van der Waals surface area contributed by atoms with Crippen LogP contribution in [0.3, 0.4) is 0 Å². The summed E-state index contributed by atoms with van der Waals surface area (Å²) in [7, 11) is 1.68. The summed E-state index contributed by atoms with van der Waals surface area (Å²) in [5.74, 6) is 0.910. The molecule has 2 fully saturated rings. The lowest BCUT2D eigenvalue weighted by Gasteiger charge is -2.39. The number of carbonyl (C=O) groups excluding carboxylic acids is 2. The standard InChI is InChI=1S/C24H29N3O3S2/c1-17(28)20-7-8-21(32-20)22(29)26-12-9-24(10-13-26)11-14-27(16-24)23(31)25-15-18-5-3-4-6-19(18)30-2/h3-8H,9-16H2,1-2H3,(H,25,31). The van der Waals surface area contributed by atoms with Crippen LogP contribution in [0.4, 0.5) is 0 Å². The Morgan fingerprint density at radius 2 is 1.72 bits per heavy atom. The van der Waals surface area contributed by atoms with Crippen LogP contribution in [0.5, 0.6) is 5.75 Å². The highest BCUT2D eigenvalue weighted by molar-refractivity contribution is 7.80. The number of Topliss-reactive ketones (excluding diaryl/α,β-unsaturated/α-hetero) is 1. The first kappa shape index (κ1) is 22.7. The van der Waals surface area contributed by atoms with Gasteiger partial charge in [-0.15, -0.1) is 11.3 Å². The van der Waals surface area contributed by atoms with E-state index in [0.717, 1.165) is 61.9 Å². The number of benzene rings is 1. The zero-order chi connectivity index (χ0) is 22.7. The highest BCUT2D eigenvalue weighted by Gasteiger charge is 2.42. The summed E-state index contributed by atoms with van der Waals surface area (Å²) in [6, 6.07) is 11.5. The maximum Gasteiger partial charge on any atom is 0.263 e. The minimum absolute atomic E-state index is 0.00739. The number of amides is 1. The first-order chi connectivity index (χ1) is 15.4. The Balaban J connectivity index is 1.29. The lowest BCUT2D eigenvalue weighted by molar-refractivity contribution is 0.0603. The van der Waals surface area contributed by atoms with Crippen molar-refractivity contribution in [2.24, 2.45) is 5.41 Å². The predicted octanol–water partition coefficient (Wildman–Crippen LogP) is 3.96. The van der Waals surface area contributed by atoms with Gasteiger partial charge in [0.15, 0.2) is 10.9 Å². The molecule has 1 spiro atoms. The van der Waals surface area contributed by atoms with Gasteiger partial charge in [0.25, 0.3) is 5.91 Å². The minimum Gasteiger partial charge on any atom is -0.496 e. The Hall–Kier alpha value is -2.45. The average molecular weight is 472 g/mol. The van der Waals surface area contributed by atoms with E-state index >= 15 is 0 Å². The van der Waals surface area contributed by atoms with Gasteiger partial charge in [-0.1, -0.05) is 18.2 Å². The SMILES string of the molecule is COc1ccccc1CNC(=S)N1CCC2(CCN(C(=O)c3ccc(C(C)=O)s3)CC2)C1. The molecule has 0 aliphatic carbocycles. The van der Waals surface area contributed by atoms with E-state index in [9.17, 15) is 9.59 Å². The molecule has 4 rings (SSSR count). The molecule has 0 radical (unpaired) electrons. The quantitative estimate of drug-likeness (QED) is 0.526. The molecule has 3 heterocycles. The Kier molecular flexibility index (Phi) is 6.81. The van der Waals surface area contributed by atoms with Crippen molar-refractivity contribution in [3.63, 3.8) is 0 Å². The normalized spacial score (nSPS) is 17.4. The number of ether oxygens (including phenoxy) is 1. The van der Waals surface area contributed by atoms with E-state index in [-0.39, 0.29) is 17.1 Å². The first-order valence-corrected chi connectivity index (χ1v) is 12.2. The third kappa shape index (κ3) is 4.81. The number of thiophene rings is 1. The number of hydrogen-bond acceptors (Lipinski definition) is 5. The zero-order valence-corrected chi connectivity index (χ0v) is 20.2. The number of hydrogen-bond donors (Lipinski definition) is 1. The number of nitrogens with zero attached hydrogens (tertiary/aromatic N) is 2. The zero-order valence-electron chi connectivity index (χ0n) is 18.6. The Bertz CT molecular complexity index is 1010. The molecular formula is C24H29N3O3S2. The molecule has 6 nitrogen and oxygen atoms in total. The molecule has 0 unspecified atom stereocenters. The van der Waals surface area contributed by atoms with Gasteiger partial charge in [0.2, 0.25) is 0 Å². The summed E-state index contributed by atoms with van der Waals surface area (Å²) < 4.78 is 5.42. The summed E-state index contributed by atoms with van der Waals surface area (Å²) in [5.41, 5.74) is 1.30. The topological polar surface area (TPSA) is 61.9 Å². The van der Waals surface area contributed by atoms with E-state index in [4.69, 9.17) is 17.0 Å². The number of piperidine rings is 1. The third-order valence-electron chi connectivity index (χ3n) is 6.62. The molecule has 170 valence electrons. The number of methoxy groups -OCH3 is 1. The molecule has 1 aromatic carbocycles. The maximum atomic E-state index is 12.9. The van der Waals surface area contributed by atoms with Crippen LogP contribution in [0.2, 0.25) is 0 Å². The van der Waals surface area contributed by atoms with E-state index in [2.05, 4.69) is 10.2 Å². The molecule has 2 aliphatic heterocycles. The number of thiocarbonyl (C=S) groups is 1. The van der Waals surface area contributed by atoms with Crippen molar-refractivity contribution < 1.29 is 14.3 Å². The van der Waals surface area contributed by atoms with Crippen LogP contribution in [0, 0.1) is 5.41 Å². The van der Waals surface area contributed by atoms with Crippen molar-refractivity contribution in [1.29, 1.82) is 0 Å². The Morgan fingerprint density at radius 1 is 1.06 bits per heavy atom. The fraction of sp³-hybridized carbons (Fsp3) is 0.458. The van der Waals surface area contributed by atoms with Gasteiger partial charge in [-0.05, 0) is 62.0 Å². The van der Waals surface area contributed by atoms with E-state index in [1.165, 1.54) is 18.3 Å². The summed E-state index contributed by atoms with van der Waals surface area (Å²) >= 11 is 6.97. The smallest absolute Gasteiger partial charge is 0.263 e. The van der Waals surface area contributed by atoms with Gasteiger partial charge >= 0.3 is 0 Å². The van der Waals surface area contributed by atoms with E-state index in [1.54, 1.807) is 19.2 Å². The minimum atomic E-state index is 0.00739. The molecule has 0 atom stereocenters. The van der Waals surface area contributed by atoms with Gasteiger partial charge in [-0.2, -0.15) is 0 Å². The molecule has 1 N–H and O–H groups in total. The lowest BCUT2D eigenvalue weighted by Crippen LogP contribution is -2.45. The molecule has 8 heteroatoms. The Morgan fingerprint density at radius 3 is 2.38 bits per heavy atom. The van der Waals surface area contributed by atoms with E-state index in [1.807, 2.05) is 29.2 Å². The molecule has 2 saturated heterocycles. The van der Waals surface area contributed by atoms with Crippen LogP contribution in [0.15, 0.2) is 36.4 Å². The van der Waals surface area contributed by atoms with E-state index in [0.29, 0.717) is 16.3 Å². The average Bonchev–Trinajstić information content (AvgIpc) is 3.46. The number of rotatable bonds is 5. The molecule has 2 aromatic rings. The molecule has 1 aromatic heterocycles. The summed E-state index contributed by atoms with van der Waals surface area (Å²) in [6.07, 6.45) is 3.06. The van der Waals surface area contributed by atoms with Gasteiger partial charge in [0.1, 0.15) is 5.75 Å². The number of para-hydroxylation sites is 1. The Labute approximate surface area is 198 Å². The van der Waals surface area contributed by atoms with Crippen molar-refractivity contribution in [3.8, 4) is 5.75 Å². The van der Waals surface area contributed by atoms with Crippen LogP contribution in [0.25, 0.3) is 0 Å². The predicted molar refractivity (Wildman–Crippen MR) is 131 cm³/mol. The number of ketones is 1. The van der Waals surface area contributed by atoms with Gasteiger partial charge in [-0.25, -0.2) is 0 Å². The summed E-state index contributed by atoms with van der Waals surface area (Å²) in [5, 5.41) is 4.16. The number of carbonyl (C=O) groups is 2. The lowest BCUT2D eigenvalue weighted by atomic mass is 9.78. The number of likely N-dealkylation sites (tertiary alicyclic amines) is 2. The third-order valence-corrected chi connectivity index (χ3v) is 8.20. The van der Waals surface area contributed by atoms with Crippen LogP contribution in [-0.2, 0) is 6.54 Å². The van der Waals surface area contributed by atoms with Gasteiger partial charge in [-0.3, -0.25) is 9.59 Å². The molecule has 2 aliphatic rings. The number of nitrogens with one attached hydrogen (secondary N) is 1. The highest BCUT2D eigenvalue weighted by atomic mass is 32.1. The van der Waals surface area contributed by atoms with Gasteiger partial charge in [0.05, 0.1) is 16.9 Å². The van der Waals surface area contributed by atoms with E-state index < -0.39 is 0 Å². The van der Waals surface area contributed by atoms with Crippen LogP contribution in [-0.4, -0.2) is 59.9 Å². The largest absolute Gasteiger partial charge is 0.496 e. The molecule has 0 saturated carbocycles. The summed E-state index contributed by atoms with van der Waals surface area (Å²) in [4.78, 5) is 29.9. The van der Waals surface area contributed by atoms with Gasteiger partial charge in [0, 0.05) is 38.3 Å². The first-order valence-electron chi connectivity index (χ1n) is 11.0. The fourth-order valence-electron chi connectivity index (χ4n) is 4.63. The van der Waals surface area contributed by atoms with Gasteiger partial charge < -0.3 is 19.9 Å². The van der Waals surface area contributed by atoms with Crippen molar-refractivity contribution in [2.75, 3.05) is 33.3 Å². The van der Waals surface area contributed by atoms with Crippen molar-refractivity contribution in [3.05, 3.63) is 51.7 Å². The molecule has 0 bridgehead atoms. The second kappa shape index (κ2) is 9.58. The second-order valence-corrected chi connectivity index (χ2v) is 10.1. The molecular weight excluding hydrogens is 442 g/mol. The maximum absolute atomic E-state index is 12.9. The van der Waals surface area contributed by atoms with Crippen molar-refractivity contribution in [1.82, 2.24) is 15.1 Å². The highest BCUT2D eigenvalue weighted by Crippen LogP contribution is 2.40.